The van der Waals surface area contributed by atoms with E-state index in [9.17, 15) is 14.4 Å². The van der Waals surface area contributed by atoms with E-state index >= 15 is 0 Å². The van der Waals surface area contributed by atoms with Crippen LogP contribution in [-0.4, -0.2) is 76.7 Å². The summed E-state index contributed by atoms with van der Waals surface area (Å²) in [4.78, 5) is 58.4. The molecule has 3 fully saturated rings. The number of carbonyl (C=O) groups is 3. The number of oxazole rings is 1. The lowest BCUT2D eigenvalue weighted by Crippen LogP contribution is -2.47. The highest BCUT2D eigenvalue weighted by Gasteiger charge is 2.30. The van der Waals surface area contributed by atoms with E-state index in [1.54, 1.807) is 6.07 Å². The van der Waals surface area contributed by atoms with Crippen molar-refractivity contribution in [1.82, 2.24) is 19.9 Å². The second kappa shape index (κ2) is 13.2. The molecule has 0 spiro atoms. The van der Waals surface area contributed by atoms with Crippen molar-refractivity contribution in [2.45, 2.75) is 71.1 Å². The van der Waals surface area contributed by atoms with E-state index in [1.807, 2.05) is 30.0 Å². The standard InChI is InChI=1S/C33H41N7O4/c1-3-29-34-22(2)19-30(37-29)39-17-15-38(16-18-39)27-12-11-24(28(41)7-4-5-13-40-14-6-8-31(40)42)20-25(27)35-32(43)26-21-44-33(36-26)23-9-10-23/h11-12,19-21,23H,3-10,13-18H2,1-2H3,(H,35,43). The fourth-order valence-electron chi connectivity index (χ4n) is 5.96. The minimum Gasteiger partial charge on any atom is -0.448 e. The van der Waals surface area contributed by atoms with E-state index in [0.29, 0.717) is 48.9 Å². The first-order valence-corrected chi connectivity index (χ1v) is 15.9. The number of anilines is 3. The lowest BCUT2D eigenvalue weighted by Gasteiger charge is -2.37. The van der Waals surface area contributed by atoms with E-state index in [1.165, 1.54) is 6.26 Å². The number of piperazine rings is 1. The Balaban J connectivity index is 1.15. The predicted octanol–water partition coefficient (Wildman–Crippen LogP) is 4.77. The van der Waals surface area contributed by atoms with Gasteiger partial charge < -0.3 is 24.4 Å². The molecule has 2 amide bonds. The van der Waals surface area contributed by atoms with Crippen LogP contribution in [0.5, 0.6) is 0 Å². The Bertz CT molecular complexity index is 1520. The molecule has 0 radical (unpaired) electrons. The Morgan fingerprint density at radius 3 is 2.52 bits per heavy atom. The first-order valence-electron chi connectivity index (χ1n) is 15.9. The molecule has 3 aromatic rings. The zero-order valence-electron chi connectivity index (χ0n) is 25.7. The Kier molecular flexibility index (Phi) is 8.90. The van der Waals surface area contributed by atoms with Gasteiger partial charge in [-0.1, -0.05) is 6.92 Å². The third kappa shape index (κ3) is 6.92. The third-order valence-electron chi connectivity index (χ3n) is 8.65. The molecule has 1 saturated carbocycles. The number of aryl methyl sites for hydroxylation is 2. The first-order chi connectivity index (χ1) is 21.4. The highest BCUT2D eigenvalue weighted by molar-refractivity contribution is 6.06. The maximum Gasteiger partial charge on any atom is 0.277 e. The largest absolute Gasteiger partial charge is 0.448 e. The van der Waals surface area contributed by atoms with Gasteiger partial charge >= 0.3 is 0 Å². The van der Waals surface area contributed by atoms with Crippen molar-refractivity contribution in [3.63, 3.8) is 0 Å². The molecule has 2 aromatic heterocycles. The van der Waals surface area contributed by atoms with Crippen LogP contribution < -0.4 is 15.1 Å². The number of Topliss-reactive ketones (excluding diaryl/α,β-unsaturated/α-hetero) is 1. The summed E-state index contributed by atoms with van der Waals surface area (Å²) < 4.78 is 5.56. The van der Waals surface area contributed by atoms with Gasteiger partial charge in [0, 0.05) is 81.8 Å². The number of nitrogens with zero attached hydrogens (tertiary/aromatic N) is 6. The van der Waals surface area contributed by atoms with Crippen LogP contribution >= 0.6 is 0 Å². The molecule has 1 aliphatic carbocycles. The van der Waals surface area contributed by atoms with Crippen LogP contribution in [0.4, 0.5) is 17.2 Å². The van der Waals surface area contributed by atoms with Crippen molar-refractivity contribution < 1.29 is 18.8 Å². The topological polar surface area (TPSA) is 125 Å². The second-order valence-corrected chi connectivity index (χ2v) is 12.0. The van der Waals surface area contributed by atoms with Crippen LogP contribution in [0.2, 0.25) is 0 Å². The van der Waals surface area contributed by atoms with Crippen LogP contribution in [-0.2, 0) is 11.2 Å². The summed E-state index contributed by atoms with van der Waals surface area (Å²) in [6, 6.07) is 7.60. The molecule has 6 rings (SSSR count). The number of carbonyl (C=O) groups excluding carboxylic acids is 3. The smallest absolute Gasteiger partial charge is 0.277 e. The average molecular weight is 600 g/mol. The number of aromatic nitrogens is 3. The number of amides is 2. The lowest BCUT2D eigenvalue weighted by molar-refractivity contribution is -0.127. The van der Waals surface area contributed by atoms with E-state index in [0.717, 1.165) is 87.9 Å². The molecule has 1 aromatic carbocycles. The molecule has 0 bridgehead atoms. The average Bonchev–Trinajstić information content (AvgIpc) is 3.62. The highest BCUT2D eigenvalue weighted by Crippen LogP contribution is 2.39. The fraction of sp³-hybridized carbons (Fsp3) is 0.515. The lowest BCUT2D eigenvalue weighted by atomic mass is 10.0. The Labute approximate surface area is 258 Å². The van der Waals surface area contributed by atoms with E-state index in [4.69, 9.17) is 9.40 Å². The molecule has 4 heterocycles. The number of benzene rings is 1. The summed E-state index contributed by atoms with van der Waals surface area (Å²) in [5.41, 5.74) is 3.20. The normalized spacial score (nSPS) is 17.0. The Morgan fingerprint density at radius 1 is 1.00 bits per heavy atom. The van der Waals surface area contributed by atoms with Gasteiger partial charge in [0.2, 0.25) is 5.91 Å². The molecule has 2 aliphatic heterocycles. The van der Waals surface area contributed by atoms with Gasteiger partial charge in [0.15, 0.2) is 17.4 Å². The van der Waals surface area contributed by atoms with Gasteiger partial charge in [0.05, 0.1) is 11.4 Å². The van der Waals surface area contributed by atoms with Gasteiger partial charge in [-0.2, -0.15) is 0 Å². The summed E-state index contributed by atoms with van der Waals surface area (Å²) in [5.74, 6) is 2.57. The van der Waals surface area contributed by atoms with Crippen LogP contribution in [0.15, 0.2) is 34.9 Å². The Morgan fingerprint density at radius 2 is 1.80 bits per heavy atom. The first kappa shape index (κ1) is 29.8. The SMILES string of the molecule is CCc1nc(C)cc(N2CCN(c3ccc(C(=O)CCCCN4CCCC4=O)cc3NC(=O)c3coc(C4CC4)n3)CC2)n1. The van der Waals surface area contributed by atoms with Crippen LogP contribution in [0, 0.1) is 6.92 Å². The molecule has 11 nitrogen and oxygen atoms in total. The summed E-state index contributed by atoms with van der Waals surface area (Å²) in [6.45, 7) is 8.56. The second-order valence-electron chi connectivity index (χ2n) is 12.0. The molecular formula is C33H41N7O4. The maximum atomic E-state index is 13.3. The molecule has 11 heteroatoms. The molecule has 0 unspecified atom stereocenters. The molecular weight excluding hydrogens is 558 g/mol. The summed E-state index contributed by atoms with van der Waals surface area (Å²) in [5, 5.41) is 3.03. The minimum absolute atomic E-state index is 0.0212. The molecule has 1 N–H and O–H groups in total. The van der Waals surface area contributed by atoms with Crippen molar-refractivity contribution in [2.24, 2.45) is 0 Å². The number of nitrogens with one attached hydrogen (secondary N) is 1. The quantitative estimate of drug-likeness (QED) is 0.232. The predicted molar refractivity (Wildman–Crippen MR) is 167 cm³/mol. The van der Waals surface area contributed by atoms with E-state index < -0.39 is 0 Å². The van der Waals surface area contributed by atoms with Gasteiger partial charge in [0.25, 0.3) is 5.91 Å². The number of ketones is 1. The number of likely N-dealkylation sites (tertiary alicyclic amines) is 1. The van der Waals surface area contributed by atoms with Crippen molar-refractivity contribution >= 4 is 34.8 Å². The zero-order chi connectivity index (χ0) is 30.6. The monoisotopic (exact) mass is 599 g/mol. The number of hydrogen-bond donors (Lipinski definition) is 1. The van der Waals surface area contributed by atoms with Crippen molar-refractivity contribution in [1.29, 1.82) is 0 Å². The molecule has 3 aliphatic rings. The van der Waals surface area contributed by atoms with E-state index in [2.05, 4.69) is 32.0 Å². The van der Waals surface area contributed by atoms with Gasteiger partial charge in [-0.05, 0) is 57.2 Å². The highest BCUT2D eigenvalue weighted by atomic mass is 16.3. The summed E-state index contributed by atoms with van der Waals surface area (Å²) in [7, 11) is 0. The molecule has 232 valence electrons. The Hall–Kier alpha value is -4.28. The van der Waals surface area contributed by atoms with Crippen molar-refractivity contribution in [2.75, 3.05) is 54.4 Å². The molecule has 2 saturated heterocycles. The molecule has 0 atom stereocenters. The number of hydrogen-bond acceptors (Lipinski definition) is 9. The minimum atomic E-state index is -0.357. The van der Waals surface area contributed by atoms with Gasteiger partial charge in [-0.15, -0.1) is 0 Å². The van der Waals surface area contributed by atoms with Gasteiger partial charge in [-0.3, -0.25) is 14.4 Å². The van der Waals surface area contributed by atoms with E-state index in [-0.39, 0.29) is 23.3 Å². The number of unbranched alkanes of at least 4 members (excludes halogenated alkanes) is 1. The van der Waals surface area contributed by atoms with Gasteiger partial charge in [-0.25, -0.2) is 15.0 Å². The van der Waals surface area contributed by atoms with Crippen molar-refractivity contribution in [3.05, 3.63) is 59.2 Å². The fourth-order valence-corrected chi connectivity index (χ4v) is 5.96. The number of rotatable bonds is 12. The maximum absolute atomic E-state index is 13.3. The van der Waals surface area contributed by atoms with Crippen LogP contribution in [0.25, 0.3) is 0 Å². The molecule has 44 heavy (non-hydrogen) atoms. The third-order valence-corrected chi connectivity index (χ3v) is 8.65. The van der Waals surface area contributed by atoms with Crippen LogP contribution in [0.1, 0.15) is 96.0 Å². The van der Waals surface area contributed by atoms with Crippen LogP contribution in [0.3, 0.4) is 0 Å². The zero-order valence-corrected chi connectivity index (χ0v) is 25.7. The van der Waals surface area contributed by atoms with Crippen molar-refractivity contribution in [3.8, 4) is 0 Å². The summed E-state index contributed by atoms with van der Waals surface area (Å²) in [6.07, 6.45) is 7.71. The summed E-state index contributed by atoms with van der Waals surface area (Å²) >= 11 is 0. The van der Waals surface area contributed by atoms with Gasteiger partial charge in [0.1, 0.15) is 17.9 Å².